The van der Waals surface area contributed by atoms with Crippen LogP contribution >= 0.6 is 0 Å². The number of esters is 1. The van der Waals surface area contributed by atoms with Gasteiger partial charge in [0.25, 0.3) is 0 Å². The van der Waals surface area contributed by atoms with Crippen molar-refractivity contribution in [3.8, 4) is 0 Å². The number of hydrogen-bond donors (Lipinski definition) is 1. The van der Waals surface area contributed by atoms with E-state index in [-0.39, 0.29) is 29.6 Å². The monoisotopic (exact) mass is 382 g/mol. The number of allylic oxidation sites excluding steroid dienone is 4. The molecule has 0 aliphatic carbocycles. The highest BCUT2D eigenvalue weighted by atomic mass is 28.4. The van der Waals surface area contributed by atoms with Crippen LogP contribution in [0.2, 0.25) is 18.1 Å². The largest absolute Gasteiger partial charge is 0.463 e. The zero-order valence-electron chi connectivity index (χ0n) is 17.8. The van der Waals surface area contributed by atoms with Crippen molar-refractivity contribution in [2.24, 2.45) is 5.92 Å². The number of hydrogen-bond acceptors (Lipinski definition) is 4. The third-order valence-corrected chi connectivity index (χ3v) is 9.27. The Morgan fingerprint density at radius 3 is 2.27 bits per heavy atom. The molecular formula is C21H38O4Si. The van der Waals surface area contributed by atoms with Gasteiger partial charge in [0.15, 0.2) is 8.32 Å². The lowest BCUT2D eigenvalue weighted by Crippen LogP contribution is -2.45. The molecule has 0 heterocycles. The summed E-state index contributed by atoms with van der Waals surface area (Å²) in [7, 11) is -1.89. The van der Waals surface area contributed by atoms with Crippen LogP contribution in [0.25, 0.3) is 0 Å². The SMILES string of the molecule is CCOC(=O)C=C/C=C/C(C)=C/[C@H](C)[C@H](CCO)O[Si](C)(C)C(C)(C)C. The van der Waals surface area contributed by atoms with E-state index in [4.69, 9.17) is 9.16 Å². The van der Waals surface area contributed by atoms with Gasteiger partial charge < -0.3 is 14.3 Å². The van der Waals surface area contributed by atoms with Gasteiger partial charge in [-0.1, -0.05) is 57.6 Å². The van der Waals surface area contributed by atoms with Crippen molar-refractivity contribution >= 4 is 14.3 Å². The predicted molar refractivity (Wildman–Crippen MR) is 112 cm³/mol. The summed E-state index contributed by atoms with van der Waals surface area (Å²) < 4.78 is 11.4. The van der Waals surface area contributed by atoms with E-state index in [2.05, 4.69) is 46.9 Å². The molecule has 0 aliphatic rings. The second-order valence-corrected chi connectivity index (χ2v) is 12.9. The molecule has 0 aromatic rings. The Hall–Kier alpha value is -1.17. The fourth-order valence-corrected chi connectivity index (χ4v) is 3.66. The fraction of sp³-hybridized carbons (Fsp3) is 0.667. The molecule has 0 spiro atoms. The number of aliphatic hydroxyl groups is 1. The molecule has 0 bridgehead atoms. The Labute approximate surface area is 161 Å². The molecule has 0 aromatic carbocycles. The molecule has 26 heavy (non-hydrogen) atoms. The highest BCUT2D eigenvalue weighted by molar-refractivity contribution is 6.74. The number of carbonyl (C=O) groups excluding carboxylic acids is 1. The molecule has 0 radical (unpaired) electrons. The van der Waals surface area contributed by atoms with Gasteiger partial charge in [-0.3, -0.25) is 0 Å². The summed E-state index contributed by atoms with van der Waals surface area (Å²) in [5, 5.41) is 9.57. The maximum Gasteiger partial charge on any atom is 0.330 e. The average Bonchev–Trinajstić information content (AvgIpc) is 2.50. The van der Waals surface area contributed by atoms with E-state index >= 15 is 0 Å². The second-order valence-electron chi connectivity index (χ2n) is 8.17. The number of aliphatic hydroxyl groups excluding tert-OH is 1. The Bertz CT molecular complexity index is 513. The van der Waals surface area contributed by atoms with Crippen LogP contribution in [-0.2, 0) is 14.0 Å². The van der Waals surface area contributed by atoms with E-state index in [1.807, 2.05) is 19.1 Å². The van der Waals surface area contributed by atoms with Crippen LogP contribution < -0.4 is 0 Å². The van der Waals surface area contributed by atoms with Gasteiger partial charge in [0, 0.05) is 12.7 Å². The maximum atomic E-state index is 11.2. The smallest absolute Gasteiger partial charge is 0.330 e. The number of ether oxygens (including phenoxy) is 1. The van der Waals surface area contributed by atoms with E-state index < -0.39 is 8.32 Å². The zero-order valence-corrected chi connectivity index (χ0v) is 18.8. The molecule has 0 unspecified atom stereocenters. The zero-order chi connectivity index (χ0) is 20.4. The summed E-state index contributed by atoms with van der Waals surface area (Å²) >= 11 is 0. The molecule has 0 aromatic heterocycles. The Morgan fingerprint density at radius 2 is 1.77 bits per heavy atom. The minimum absolute atomic E-state index is 0.000634. The first-order valence-electron chi connectivity index (χ1n) is 9.43. The molecule has 0 aliphatic heterocycles. The lowest BCUT2D eigenvalue weighted by atomic mass is 9.99. The summed E-state index contributed by atoms with van der Waals surface area (Å²) in [5.41, 5.74) is 1.09. The molecule has 4 nitrogen and oxygen atoms in total. The third kappa shape index (κ3) is 9.50. The van der Waals surface area contributed by atoms with Gasteiger partial charge >= 0.3 is 5.97 Å². The van der Waals surface area contributed by atoms with Gasteiger partial charge in [0.1, 0.15) is 0 Å². The Balaban J connectivity index is 4.99. The van der Waals surface area contributed by atoms with Gasteiger partial charge in [-0.2, -0.15) is 0 Å². The molecule has 0 fully saturated rings. The van der Waals surface area contributed by atoms with E-state index in [0.29, 0.717) is 13.0 Å². The Morgan fingerprint density at radius 1 is 1.19 bits per heavy atom. The molecular weight excluding hydrogens is 344 g/mol. The topological polar surface area (TPSA) is 55.8 Å². The number of rotatable bonds is 10. The second kappa shape index (κ2) is 11.5. The van der Waals surface area contributed by atoms with Crippen LogP contribution in [0, 0.1) is 5.92 Å². The van der Waals surface area contributed by atoms with Crippen molar-refractivity contribution in [1.82, 2.24) is 0 Å². The first kappa shape index (κ1) is 24.8. The Kier molecular flexibility index (Phi) is 11.0. The third-order valence-electron chi connectivity index (χ3n) is 4.77. The van der Waals surface area contributed by atoms with Crippen LogP contribution in [-0.4, -0.2) is 38.7 Å². The van der Waals surface area contributed by atoms with Crippen molar-refractivity contribution in [2.45, 2.75) is 72.2 Å². The van der Waals surface area contributed by atoms with Crippen molar-refractivity contribution < 1.29 is 19.1 Å². The minimum atomic E-state index is -1.89. The van der Waals surface area contributed by atoms with E-state index in [9.17, 15) is 9.90 Å². The standard InChI is InChI=1S/C21H38O4Si/c1-9-24-20(23)13-11-10-12-17(2)16-18(3)19(14-15-22)25-26(7,8)21(4,5)6/h10-13,16,18-19,22H,9,14-15H2,1-8H3/b12-10+,13-11?,17-16+/t18-,19-/m0/s1. The lowest BCUT2D eigenvalue weighted by molar-refractivity contribution is -0.137. The van der Waals surface area contributed by atoms with E-state index in [1.54, 1.807) is 13.0 Å². The molecule has 1 N–H and O–H groups in total. The normalized spacial score (nSPS) is 16.3. The predicted octanol–water partition coefficient (Wildman–Crippen LogP) is 5.02. The highest BCUT2D eigenvalue weighted by Crippen LogP contribution is 2.38. The molecule has 2 atom stereocenters. The maximum absolute atomic E-state index is 11.2. The van der Waals surface area contributed by atoms with Crippen LogP contribution in [0.1, 0.15) is 48.0 Å². The van der Waals surface area contributed by atoms with Gasteiger partial charge in [-0.05, 0) is 44.3 Å². The number of carbonyl (C=O) groups is 1. The minimum Gasteiger partial charge on any atom is -0.463 e. The molecule has 0 rings (SSSR count). The molecule has 5 heteroatoms. The lowest BCUT2D eigenvalue weighted by Gasteiger charge is -2.40. The summed E-state index contributed by atoms with van der Waals surface area (Å²) in [6.07, 6.45) is 9.65. The van der Waals surface area contributed by atoms with Crippen LogP contribution in [0.15, 0.2) is 36.0 Å². The van der Waals surface area contributed by atoms with Gasteiger partial charge in [0.05, 0.1) is 12.7 Å². The molecule has 0 saturated carbocycles. The van der Waals surface area contributed by atoms with E-state index in [1.165, 1.54) is 6.08 Å². The van der Waals surface area contributed by atoms with E-state index in [0.717, 1.165) is 5.57 Å². The molecule has 0 amide bonds. The van der Waals surface area contributed by atoms with Crippen molar-refractivity contribution in [3.63, 3.8) is 0 Å². The van der Waals surface area contributed by atoms with Crippen molar-refractivity contribution in [3.05, 3.63) is 36.0 Å². The summed E-state index contributed by atoms with van der Waals surface area (Å²) in [4.78, 5) is 11.2. The quantitative estimate of drug-likeness (QED) is 0.249. The summed E-state index contributed by atoms with van der Waals surface area (Å²) in [6.45, 7) is 17.6. The average molecular weight is 383 g/mol. The van der Waals surface area contributed by atoms with Crippen molar-refractivity contribution in [2.75, 3.05) is 13.2 Å². The summed E-state index contributed by atoms with van der Waals surface area (Å²) in [6, 6.07) is 0. The van der Waals surface area contributed by atoms with Gasteiger partial charge in [-0.25, -0.2) is 4.79 Å². The van der Waals surface area contributed by atoms with Crippen LogP contribution in [0.3, 0.4) is 0 Å². The van der Waals surface area contributed by atoms with Crippen molar-refractivity contribution in [1.29, 1.82) is 0 Å². The van der Waals surface area contributed by atoms with Crippen LogP contribution in [0.5, 0.6) is 0 Å². The van der Waals surface area contributed by atoms with Gasteiger partial charge in [-0.15, -0.1) is 0 Å². The molecule has 150 valence electrons. The van der Waals surface area contributed by atoms with Crippen LogP contribution in [0.4, 0.5) is 0 Å². The fourth-order valence-electron chi connectivity index (χ4n) is 2.22. The highest BCUT2D eigenvalue weighted by Gasteiger charge is 2.39. The first-order valence-corrected chi connectivity index (χ1v) is 12.3. The molecule has 0 saturated heterocycles. The first-order chi connectivity index (χ1) is 11.9. The van der Waals surface area contributed by atoms with Gasteiger partial charge in [0.2, 0.25) is 0 Å². The summed E-state index contributed by atoms with van der Waals surface area (Å²) in [5.74, 6) is -0.145.